The number of rotatable bonds is 6. The lowest BCUT2D eigenvalue weighted by atomic mass is 10.2. The van der Waals surface area contributed by atoms with Gasteiger partial charge in [-0.3, -0.25) is 14.5 Å². The van der Waals surface area contributed by atoms with Gasteiger partial charge in [0.1, 0.15) is 10.1 Å². The summed E-state index contributed by atoms with van der Waals surface area (Å²) >= 11 is 6.37. The van der Waals surface area contributed by atoms with E-state index in [-0.39, 0.29) is 36.4 Å². The van der Waals surface area contributed by atoms with Crippen molar-refractivity contribution < 1.29 is 22.4 Å². The van der Waals surface area contributed by atoms with Crippen LogP contribution in [-0.2, 0) is 19.4 Å². The number of thioether (sulfide) groups is 1. The first-order chi connectivity index (χ1) is 13.2. The number of nitrogens with zero attached hydrogens (tertiary/aromatic N) is 1. The third-order valence-electron chi connectivity index (χ3n) is 4.08. The van der Waals surface area contributed by atoms with Crippen molar-refractivity contribution in [2.24, 2.45) is 0 Å². The smallest absolute Gasteiger partial charge is 0.266 e. The topological polar surface area (TPSA) is 83.6 Å². The van der Waals surface area contributed by atoms with Crippen LogP contribution in [0.4, 0.5) is 4.39 Å². The third-order valence-corrected chi connectivity index (χ3v) is 6.86. The van der Waals surface area contributed by atoms with Crippen LogP contribution in [0.25, 0.3) is 6.08 Å². The van der Waals surface area contributed by atoms with Crippen LogP contribution in [0.1, 0.15) is 18.4 Å². The van der Waals surface area contributed by atoms with Crippen molar-refractivity contribution in [2.75, 3.05) is 12.3 Å². The minimum Gasteiger partial charge on any atom is -0.349 e. The van der Waals surface area contributed by atoms with Crippen LogP contribution < -0.4 is 5.32 Å². The summed E-state index contributed by atoms with van der Waals surface area (Å²) in [6.07, 6.45) is 3.56. The third kappa shape index (κ3) is 5.27. The highest BCUT2D eigenvalue weighted by Gasteiger charge is 2.31. The van der Waals surface area contributed by atoms with E-state index >= 15 is 0 Å². The van der Waals surface area contributed by atoms with Crippen molar-refractivity contribution in [1.82, 2.24) is 10.2 Å². The molecule has 2 amide bonds. The van der Waals surface area contributed by atoms with Crippen LogP contribution in [0.5, 0.6) is 0 Å². The molecule has 0 aliphatic carbocycles. The van der Waals surface area contributed by atoms with E-state index in [1.807, 2.05) is 0 Å². The van der Waals surface area contributed by atoms with E-state index in [4.69, 9.17) is 12.2 Å². The predicted octanol–water partition coefficient (Wildman–Crippen LogP) is 2.23. The average Bonchev–Trinajstić information content (AvgIpc) is 3.08. The highest BCUT2D eigenvalue weighted by atomic mass is 32.2. The molecule has 3 rings (SSSR count). The molecule has 2 heterocycles. The van der Waals surface area contributed by atoms with Gasteiger partial charge < -0.3 is 5.32 Å². The summed E-state index contributed by atoms with van der Waals surface area (Å²) in [5.41, 5.74) is 0.569. The summed E-state index contributed by atoms with van der Waals surface area (Å²) in [7, 11) is -3.22. The molecule has 1 aromatic carbocycles. The van der Waals surface area contributed by atoms with Crippen LogP contribution in [0.15, 0.2) is 40.7 Å². The molecule has 1 N–H and O–H groups in total. The Hall–Kier alpha value is -2.04. The summed E-state index contributed by atoms with van der Waals surface area (Å²) in [6.45, 7) is 0.275. The van der Waals surface area contributed by atoms with Gasteiger partial charge in [-0.1, -0.05) is 36.1 Å². The zero-order chi connectivity index (χ0) is 20.3. The van der Waals surface area contributed by atoms with Gasteiger partial charge in [0.05, 0.1) is 16.7 Å². The lowest BCUT2D eigenvalue weighted by Gasteiger charge is -2.15. The molecule has 0 aromatic heterocycles. The molecule has 148 valence electrons. The standard InChI is InChI=1S/C18H17FN2O4S3/c19-13-4-1-3-12(9-13)10-15-17(23)21(18(26)27-15)7-2-5-16(22)20-14-6-8-28(24,25)11-14/h1,3-4,6,8-10,14H,2,5,7,11H2,(H,20,22)/b15-10-/t14-/m1/s1. The van der Waals surface area contributed by atoms with Gasteiger partial charge in [-0.25, -0.2) is 12.8 Å². The van der Waals surface area contributed by atoms with E-state index in [9.17, 15) is 22.4 Å². The Labute approximate surface area is 171 Å². The maximum Gasteiger partial charge on any atom is 0.266 e. The monoisotopic (exact) mass is 440 g/mol. The van der Waals surface area contributed by atoms with Gasteiger partial charge in [-0.2, -0.15) is 0 Å². The van der Waals surface area contributed by atoms with Crippen molar-refractivity contribution in [3.05, 3.63) is 52.0 Å². The number of sulfone groups is 1. The molecule has 0 unspecified atom stereocenters. The minimum atomic E-state index is -3.22. The quantitative estimate of drug-likeness (QED) is 0.540. The Morgan fingerprint density at radius 3 is 2.89 bits per heavy atom. The molecule has 0 saturated carbocycles. The summed E-state index contributed by atoms with van der Waals surface area (Å²) in [6, 6.07) is 5.39. The second-order valence-corrected chi connectivity index (χ2v) is 9.93. The molecule has 0 bridgehead atoms. The van der Waals surface area contributed by atoms with Crippen molar-refractivity contribution in [3.63, 3.8) is 0 Å². The molecule has 1 aromatic rings. The summed E-state index contributed by atoms with van der Waals surface area (Å²) in [5, 5.41) is 3.74. The first kappa shape index (κ1) is 20.7. The molecule has 0 spiro atoms. The number of hydrogen-bond donors (Lipinski definition) is 1. The highest BCUT2D eigenvalue weighted by molar-refractivity contribution is 8.26. The van der Waals surface area contributed by atoms with Gasteiger partial charge in [0.2, 0.25) is 5.91 Å². The Balaban J connectivity index is 1.51. The first-order valence-corrected chi connectivity index (χ1v) is 11.4. The van der Waals surface area contributed by atoms with E-state index in [0.717, 1.165) is 17.2 Å². The highest BCUT2D eigenvalue weighted by Crippen LogP contribution is 2.32. The molecule has 10 heteroatoms. The van der Waals surface area contributed by atoms with Crippen molar-refractivity contribution in [2.45, 2.75) is 18.9 Å². The summed E-state index contributed by atoms with van der Waals surface area (Å²) in [4.78, 5) is 26.3. The van der Waals surface area contributed by atoms with Crippen molar-refractivity contribution in [1.29, 1.82) is 0 Å². The number of amides is 2. The van der Waals surface area contributed by atoms with Crippen molar-refractivity contribution in [3.8, 4) is 0 Å². The number of hydrogen-bond acceptors (Lipinski definition) is 6. The Morgan fingerprint density at radius 1 is 1.43 bits per heavy atom. The van der Waals surface area contributed by atoms with E-state index in [1.54, 1.807) is 18.2 Å². The molecule has 6 nitrogen and oxygen atoms in total. The van der Waals surface area contributed by atoms with E-state index in [1.165, 1.54) is 23.1 Å². The zero-order valence-corrected chi connectivity index (χ0v) is 17.1. The second-order valence-electron chi connectivity index (χ2n) is 6.32. The lowest BCUT2D eigenvalue weighted by Crippen LogP contribution is -2.36. The fraction of sp³-hybridized carbons (Fsp3) is 0.278. The molecule has 1 atom stereocenters. The van der Waals surface area contributed by atoms with Gasteiger partial charge in [0.15, 0.2) is 9.84 Å². The largest absolute Gasteiger partial charge is 0.349 e. The lowest BCUT2D eigenvalue weighted by molar-refractivity contribution is -0.124. The molecule has 28 heavy (non-hydrogen) atoms. The van der Waals surface area contributed by atoms with Gasteiger partial charge >= 0.3 is 0 Å². The molecule has 2 aliphatic heterocycles. The van der Waals surface area contributed by atoms with E-state index in [0.29, 0.717) is 21.2 Å². The Bertz CT molecular complexity index is 988. The maximum absolute atomic E-state index is 13.3. The van der Waals surface area contributed by atoms with Gasteiger partial charge in [0, 0.05) is 18.4 Å². The van der Waals surface area contributed by atoms with Gasteiger partial charge in [-0.05, 0) is 36.3 Å². The maximum atomic E-state index is 13.3. The predicted molar refractivity (Wildman–Crippen MR) is 110 cm³/mol. The van der Waals surface area contributed by atoms with Crippen LogP contribution in [0, 0.1) is 5.82 Å². The Morgan fingerprint density at radius 2 is 2.21 bits per heavy atom. The van der Waals surface area contributed by atoms with Gasteiger partial charge in [0.25, 0.3) is 5.91 Å². The number of nitrogens with one attached hydrogen (secondary N) is 1. The normalized spacial score (nSPS) is 22.2. The van der Waals surface area contributed by atoms with Crippen LogP contribution in [0.2, 0.25) is 0 Å². The summed E-state index contributed by atoms with van der Waals surface area (Å²) in [5.74, 6) is -1.07. The van der Waals surface area contributed by atoms with Crippen LogP contribution in [-0.4, -0.2) is 47.8 Å². The Kier molecular flexibility index (Phi) is 6.31. The molecule has 0 radical (unpaired) electrons. The second kappa shape index (κ2) is 8.54. The molecular formula is C18H17FN2O4S3. The average molecular weight is 441 g/mol. The number of thiocarbonyl (C=S) groups is 1. The SMILES string of the molecule is O=C(CCCN1C(=O)/C(=C/c2cccc(F)c2)SC1=S)N[C@@H]1C=CS(=O)(=O)C1. The molecular weight excluding hydrogens is 423 g/mol. The summed E-state index contributed by atoms with van der Waals surface area (Å²) < 4.78 is 36.4. The minimum absolute atomic E-state index is 0.127. The number of carbonyl (C=O) groups is 2. The molecule has 2 aliphatic rings. The van der Waals surface area contributed by atoms with Crippen LogP contribution in [0.3, 0.4) is 0 Å². The zero-order valence-electron chi connectivity index (χ0n) is 14.6. The van der Waals surface area contributed by atoms with E-state index < -0.39 is 15.9 Å². The molecule has 1 saturated heterocycles. The number of carbonyl (C=O) groups excluding carboxylic acids is 2. The number of halogens is 1. The number of benzene rings is 1. The fourth-order valence-corrected chi connectivity index (χ4v) is 5.33. The van der Waals surface area contributed by atoms with E-state index in [2.05, 4.69) is 5.32 Å². The van der Waals surface area contributed by atoms with Crippen LogP contribution >= 0.6 is 24.0 Å². The first-order valence-electron chi connectivity index (χ1n) is 8.45. The van der Waals surface area contributed by atoms with Gasteiger partial charge in [-0.15, -0.1) is 0 Å². The fourth-order valence-electron chi connectivity index (χ4n) is 2.78. The molecule has 1 fully saturated rings. The van der Waals surface area contributed by atoms with Crippen molar-refractivity contribution >= 4 is 56.0 Å².